The van der Waals surface area contributed by atoms with E-state index in [2.05, 4.69) is 6.92 Å². The fourth-order valence-electron chi connectivity index (χ4n) is 2.92. The first-order valence-electron chi connectivity index (χ1n) is 8.57. The van der Waals surface area contributed by atoms with Gasteiger partial charge >= 0.3 is 0 Å². The van der Waals surface area contributed by atoms with Crippen molar-refractivity contribution in [1.29, 1.82) is 0 Å². The average molecular weight is 376 g/mol. The number of benzene rings is 1. The second-order valence-corrected chi connectivity index (χ2v) is 9.25. The monoisotopic (exact) mass is 376 g/mol. The molecule has 3 rings (SSSR count). The quantitative estimate of drug-likeness (QED) is 0.777. The molecule has 1 aliphatic carbocycles. The predicted octanol–water partition coefficient (Wildman–Crippen LogP) is 2.93. The third-order valence-electron chi connectivity index (χ3n) is 4.76. The summed E-state index contributed by atoms with van der Waals surface area (Å²) in [5.74, 6) is 2.62. The summed E-state index contributed by atoms with van der Waals surface area (Å²) in [4.78, 5) is 14.3. The molecular formula is C19H24N2O4S. The van der Waals surface area contributed by atoms with E-state index in [0.717, 1.165) is 22.2 Å². The van der Waals surface area contributed by atoms with Crippen LogP contribution in [0.4, 0.5) is 0 Å². The highest BCUT2D eigenvalue weighted by Crippen LogP contribution is 2.47. The molecule has 2 aromatic rings. The Labute approximate surface area is 154 Å². The van der Waals surface area contributed by atoms with Gasteiger partial charge in [0.25, 0.3) is 5.91 Å². The molecule has 0 N–H and O–H groups in total. The van der Waals surface area contributed by atoms with Crippen LogP contribution < -0.4 is 0 Å². The average Bonchev–Trinajstić information content (AvgIpc) is 3.15. The van der Waals surface area contributed by atoms with Gasteiger partial charge in [-0.15, -0.1) is 0 Å². The van der Waals surface area contributed by atoms with Gasteiger partial charge in [0, 0.05) is 32.6 Å². The summed E-state index contributed by atoms with van der Waals surface area (Å²) in [6, 6.07) is 9.97. The molecule has 2 atom stereocenters. The van der Waals surface area contributed by atoms with E-state index in [0.29, 0.717) is 23.9 Å². The molecule has 0 spiro atoms. The molecule has 1 saturated carbocycles. The summed E-state index contributed by atoms with van der Waals surface area (Å²) in [5.41, 5.74) is 0.331. The minimum Gasteiger partial charge on any atom is -0.464 e. The van der Waals surface area contributed by atoms with Crippen LogP contribution in [0.3, 0.4) is 0 Å². The van der Waals surface area contributed by atoms with E-state index in [4.69, 9.17) is 4.42 Å². The van der Waals surface area contributed by atoms with Crippen LogP contribution in [0, 0.1) is 5.92 Å². The molecule has 1 amide bonds. The zero-order valence-electron chi connectivity index (χ0n) is 15.5. The van der Waals surface area contributed by atoms with E-state index in [1.54, 1.807) is 19.2 Å². The van der Waals surface area contributed by atoms with Gasteiger partial charge in [0.15, 0.2) is 0 Å². The molecule has 1 heterocycles. The number of sulfonamides is 1. The van der Waals surface area contributed by atoms with Crippen LogP contribution in [0.5, 0.6) is 0 Å². The number of carbonyl (C=O) groups excluding carboxylic acids is 1. The van der Waals surface area contributed by atoms with Gasteiger partial charge in [-0.1, -0.05) is 13.0 Å². The summed E-state index contributed by atoms with van der Waals surface area (Å²) < 4.78 is 31.5. The summed E-state index contributed by atoms with van der Waals surface area (Å²) in [6.45, 7) is 2.53. The molecule has 1 aromatic heterocycles. The maximum Gasteiger partial charge on any atom is 0.254 e. The highest BCUT2D eigenvalue weighted by molar-refractivity contribution is 7.89. The smallest absolute Gasteiger partial charge is 0.254 e. The van der Waals surface area contributed by atoms with Gasteiger partial charge < -0.3 is 9.32 Å². The van der Waals surface area contributed by atoms with Crippen molar-refractivity contribution >= 4 is 15.9 Å². The van der Waals surface area contributed by atoms with Crippen LogP contribution in [-0.4, -0.2) is 44.7 Å². The van der Waals surface area contributed by atoms with Crippen molar-refractivity contribution in [2.24, 2.45) is 5.92 Å². The fourth-order valence-corrected chi connectivity index (χ4v) is 3.87. The lowest BCUT2D eigenvalue weighted by molar-refractivity contribution is 0.0774. The number of furan rings is 1. The molecule has 1 aromatic carbocycles. The Bertz CT molecular complexity index is 917. The van der Waals surface area contributed by atoms with Crippen molar-refractivity contribution < 1.29 is 17.6 Å². The van der Waals surface area contributed by atoms with Gasteiger partial charge in [-0.05, 0) is 42.7 Å². The Kier molecular flexibility index (Phi) is 4.94. The highest BCUT2D eigenvalue weighted by Gasteiger charge is 2.36. The molecular weight excluding hydrogens is 352 g/mol. The van der Waals surface area contributed by atoms with Crippen LogP contribution >= 0.6 is 0 Å². The molecule has 140 valence electrons. The van der Waals surface area contributed by atoms with Gasteiger partial charge in [0.2, 0.25) is 10.0 Å². The lowest BCUT2D eigenvalue weighted by Crippen LogP contribution is -2.27. The summed E-state index contributed by atoms with van der Waals surface area (Å²) in [5, 5.41) is 0. The first kappa shape index (κ1) is 18.7. The Balaban J connectivity index is 1.73. The molecule has 0 unspecified atom stereocenters. The largest absolute Gasteiger partial charge is 0.464 e. The Morgan fingerprint density at radius 3 is 2.50 bits per heavy atom. The van der Waals surface area contributed by atoms with E-state index in [9.17, 15) is 13.2 Å². The number of hydrogen-bond acceptors (Lipinski definition) is 4. The minimum atomic E-state index is -3.58. The first-order valence-corrected chi connectivity index (χ1v) is 10.0. The minimum absolute atomic E-state index is 0.102. The van der Waals surface area contributed by atoms with Gasteiger partial charge in [-0.25, -0.2) is 12.7 Å². The topological polar surface area (TPSA) is 70.8 Å². The lowest BCUT2D eigenvalue weighted by atomic mass is 10.2. The van der Waals surface area contributed by atoms with E-state index >= 15 is 0 Å². The molecule has 0 saturated heterocycles. The number of carbonyl (C=O) groups is 1. The van der Waals surface area contributed by atoms with Gasteiger partial charge in [-0.2, -0.15) is 0 Å². The van der Waals surface area contributed by atoms with Crippen molar-refractivity contribution in [3.8, 4) is 0 Å². The fraction of sp³-hybridized carbons (Fsp3) is 0.421. The normalized spacial score (nSPS) is 19.6. The van der Waals surface area contributed by atoms with Gasteiger partial charge in [0.1, 0.15) is 11.5 Å². The summed E-state index contributed by atoms with van der Waals surface area (Å²) in [6.07, 6.45) is 1.15. The third kappa shape index (κ3) is 3.68. The standard InChI is InChI=1S/C19H24N2O4S/c1-13-10-17(13)18-9-8-15(25-18)12-21(4)19(22)14-6-5-7-16(11-14)26(23,24)20(2)3/h5-9,11,13,17H,10,12H2,1-4H3/t13-,17+/m1/s1. The van der Waals surface area contributed by atoms with Crippen molar-refractivity contribution in [1.82, 2.24) is 9.21 Å². The number of nitrogens with zero attached hydrogens (tertiary/aromatic N) is 2. The molecule has 7 heteroatoms. The maximum absolute atomic E-state index is 12.7. The van der Waals surface area contributed by atoms with Crippen molar-refractivity contribution in [3.63, 3.8) is 0 Å². The zero-order chi connectivity index (χ0) is 19.1. The van der Waals surface area contributed by atoms with Crippen LogP contribution in [0.1, 0.15) is 41.1 Å². The third-order valence-corrected chi connectivity index (χ3v) is 6.57. The van der Waals surface area contributed by atoms with Crippen LogP contribution in [0.15, 0.2) is 45.7 Å². The molecule has 0 aliphatic heterocycles. The lowest BCUT2D eigenvalue weighted by Gasteiger charge is -2.17. The van der Waals surface area contributed by atoms with Crippen LogP contribution in [0.25, 0.3) is 0 Å². The van der Waals surface area contributed by atoms with Crippen molar-refractivity contribution in [3.05, 3.63) is 53.5 Å². The van der Waals surface area contributed by atoms with Crippen molar-refractivity contribution in [2.75, 3.05) is 21.1 Å². The Hall–Kier alpha value is -2.12. The van der Waals surface area contributed by atoms with E-state index < -0.39 is 10.0 Å². The first-order chi connectivity index (χ1) is 12.2. The number of rotatable bonds is 6. The second kappa shape index (κ2) is 6.89. The van der Waals surface area contributed by atoms with E-state index in [1.165, 1.54) is 31.1 Å². The van der Waals surface area contributed by atoms with Gasteiger partial charge in [-0.3, -0.25) is 4.79 Å². The summed E-state index contributed by atoms with van der Waals surface area (Å²) in [7, 11) is 1.03. The molecule has 1 aliphatic rings. The molecule has 6 nitrogen and oxygen atoms in total. The highest BCUT2D eigenvalue weighted by atomic mass is 32.2. The predicted molar refractivity (Wildman–Crippen MR) is 98.3 cm³/mol. The molecule has 0 radical (unpaired) electrons. The van der Waals surface area contributed by atoms with Crippen molar-refractivity contribution in [2.45, 2.75) is 30.7 Å². The Morgan fingerprint density at radius 2 is 1.88 bits per heavy atom. The maximum atomic E-state index is 12.7. The molecule has 1 fully saturated rings. The molecule has 26 heavy (non-hydrogen) atoms. The van der Waals surface area contributed by atoms with Crippen LogP contribution in [-0.2, 0) is 16.6 Å². The number of amides is 1. The number of hydrogen-bond donors (Lipinski definition) is 0. The van der Waals surface area contributed by atoms with Gasteiger partial charge in [0.05, 0.1) is 11.4 Å². The van der Waals surface area contributed by atoms with E-state index in [-0.39, 0.29) is 10.8 Å². The van der Waals surface area contributed by atoms with E-state index in [1.807, 2.05) is 12.1 Å². The summed E-state index contributed by atoms with van der Waals surface area (Å²) >= 11 is 0. The van der Waals surface area contributed by atoms with Crippen LogP contribution in [0.2, 0.25) is 0 Å². The SMILES string of the molecule is C[C@@H]1C[C@@H]1c1ccc(CN(C)C(=O)c2cccc(S(=O)(=O)N(C)C)c2)o1. The Morgan fingerprint density at radius 1 is 1.19 bits per heavy atom. The second-order valence-electron chi connectivity index (χ2n) is 7.10. The zero-order valence-corrected chi connectivity index (χ0v) is 16.3. The molecule has 0 bridgehead atoms.